The van der Waals surface area contributed by atoms with E-state index in [1.54, 1.807) is 20.8 Å². The van der Waals surface area contributed by atoms with Crippen LogP contribution in [0.5, 0.6) is 0 Å². The summed E-state index contributed by atoms with van der Waals surface area (Å²) in [7, 11) is 0. The number of thiol groups is 1. The van der Waals surface area contributed by atoms with Crippen molar-refractivity contribution in [3.8, 4) is 0 Å². The number of rotatable bonds is 8. The number of nitrogens with one attached hydrogen (secondary N) is 2. The van der Waals surface area contributed by atoms with Crippen LogP contribution in [0.25, 0.3) is 0 Å². The van der Waals surface area contributed by atoms with Crippen LogP contribution in [0.2, 0.25) is 0 Å². The minimum atomic E-state index is -1.05. The van der Waals surface area contributed by atoms with Crippen LogP contribution in [0, 0.1) is 13.8 Å². The smallest absolute Gasteiger partial charge is 0.408 e. The number of aryl methyl sites for hydroxylation is 2. The minimum absolute atomic E-state index is 0.0134. The fraction of sp³-hybridized carbons (Fsp3) is 0.625. The predicted octanol–water partition coefficient (Wildman–Crippen LogP) is 2.90. The van der Waals surface area contributed by atoms with E-state index in [0.717, 1.165) is 11.1 Å². The normalized spacial score (nSPS) is 13.6. The second kappa shape index (κ2) is 11.7. The van der Waals surface area contributed by atoms with Crippen molar-refractivity contribution >= 4 is 30.5 Å². The number of alkyl carbamates (subject to hydrolysis) is 1. The van der Waals surface area contributed by atoms with Gasteiger partial charge in [0.25, 0.3) is 0 Å². The van der Waals surface area contributed by atoms with Gasteiger partial charge in [-0.25, -0.2) is 4.79 Å². The molecule has 0 saturated carbocycles. The van der Waals surface area contributed by atoms with E-state index in [-0.39, 0.29) is 24.8 Å². The number of aliphatic hydroxyl groups excluding tert-OH is 1. The highest BCUT2D eigenvalue weighted by Crippen LogP contribution is 2.27. The zero-order valence-corrected chi connectivity index (χ0v) is 21.9. The summed E-state index contributed by atoms with van der Waals surface area (Å²) >= 11 is 4.23. The van der Waals surface area contributed by atoms with E-state index in [4.69, 9.17) is 4.74 Å². The Morgan fingerprint density at radius 3 is 2.18 bits per heavy atom. The van der Waals surface area contributed by atoms with Gasteiger partial charge in [-0.3, -0.25) is 9.59 Å². The lowest BCUT2D eigenvalue weighted by Crippen LogP contribution is -2.55. The highest BCUT2D eigenvalue weighted by molar-refractivity contribution is 7.80. The first-order valence-corrected chi connectivity index (χ1v) is 11.6. The number of amides is 3. The number of hydrogen-bond acceptors (Lipinski definition) is 6. The quantitative estimate of drug-likeness (QED) is 0.427. The van der Waals surface area contributed by atoms with Crippen molar-refractivity contribution in [2.45, 2.75) is 78.6 Å². The molecular weight excluding hydrogens is 442 g/mol. The monoisotopic (exact) mass is 481 g/mol. The molecule has 0 spiro atoms. The molecule has 33 heavy (non-hydrogen) atoms. The van der Waals surface area contributed by atoms with Gasteiger partial charge in [-0.1, -0.05) is 23.8 Å². The van der Waals surface area contributed by atoms with Gasteiger partial charge in [0.1, 0.15) is 17.7 Å². The molecule has 0 fully saturated rings. The van der Waals surface area contributed by atoms with E-state index in [1.807, 2.05) is 52.8 Å². The Morgan fingerprint density at radius 1 is 1.12 bits per heavy atom. The van der Waals surface area contributed by atoms with Crippen LogP contribution in [0.4, 0.5) is 4.79 Å². The molecule has 2 unspecified atom stereocenters. The number of carbonyl (C=O) groups is 3. The van der Waals surface area contributed by atoms with Crippen LogP contribution < -0.4 is 10.6 Å². The molecule has 0 aliphatic rings. The number of carbonyl (C=O) groups excluding carboxylic acids is 3. The Bertz CT molecular complexity index is 845. The molecule has 1 aromatic carbocycles. The number of nitrogens with zero attached hydrogens (tertiary/aromatic N) is 1. The average molecular weight is 482 g/mol. The van der Waals surface area contributed by atoms with Gasteiger partial charge in [0.15, 0.2) is 0 Å². The van der Waals surface area contributed by atoms with E-state index in [9.17, 15) is 19.5 Å². The van der Waals surface area contributed by atoms with Crippen molar-refractivity contribution in [3.05, 3.63) is 34.9 Å². The molecule has 0 aliphatic heterocycles. The lowest BCUT2D eigenvalue weighted by molar-refractivity contribution is -0.143. The molecule has 0 aliphatic carbocycles. The Balaban J connectivity index is 3.42. The van der Waals surface area contributed by atoms with Crippen molar-refractivity contribution in [2.24, 2.45) is 0 Å². The standard InChI is InChI=1S/C24H39N3O5S/c1-15-9-10-17(16(2)13-15)19(20(29)26-23(3,4)5)27(11-12-28)21(30)18(14-33)25-22(31)32-24(6,7)8/h9-10,13,18-19,28,33H,11-12,14H2,1-8H3,(H,25,31)(H,26,29). The highest BCUT2D eigenvalue weighted by Gasteiger charge is 2.37. The Morgan fingerprint density at radius 2 is 1.73 bits per heavy atom. The maximum atomic E-state index is 13.5. The van der Waals surface area contributed by atoms with Crippen LogP contribution in [0.1, 0.15) is 64.3 Å². The van der Waals surface area contributed by atoms with E-state index < -0.39 is 35.2 Å². The molecule has 0 aromatic heterocycles. The molecule has 2 atom stereocenters. The first-order chi connectivity index (χ1) is 15.1. The van der Waals surface area contributed by atoms with Crippen molar-refractivity contribution in [2.75, 3.05) is 18.9 Å². The maximum absolute atomic E-state index is 13.5. The topological polar surface area (TPSA) is 108 Å². The van der Waals surface area contributed by atoms with Crippen molar-refractivity contribution in [1.82, 2.24) is 15.5 Å². The molecule has 3 N–H and O–H groups in total. The summed E-state index contributed by atoms with van der Waals surface area (Å²) < 4.78 is 5.27. The Kier molecular flexibility index (Phi) is 10.2. The Hall–Kier alpha value is -2.26. The number of hydrogen-bond donors (Lipinski definition) is 4. The first-order valence-electron chi connectivity index (χ1n) is 11.0. The Labute approximate surface area is 202 Å². The molecule has 9 heteroatoms. The van der Waals surface area contributed by atoms with Gasteiger partial charge >= 0.3 is 6.09 Å². The molecule has 0 radical (unpaired) electrons. The minimum Gasteiger partial charge on any atom is -0.444 e. The van der Waals surface area contributed by atoms with Gasteiger partial charge in [0.2, 0.25) is 11.8 Å². The second-order valence-corrected chi connectivity index (χ2v) is 10.5. The zero-order valence-electron chi connectivity index (χ0n) is 21.0. The summed E-state index contributed by atoms with van der Waals surface area (Å²) in [6.45, 7) is 14.1. The van der Waals surface area contributed by atoms with Crippen LogP contribution in [-0.2, 0) is 14.3 Å². The van der Waals surface area contributed by atoms with E-state index in [0.29, 0.717) is 5.56 Å². The van der Waals surface area contributed by atoms with Gasteiger partial charge in [0.05, 0.1) is 6.61 Å². The lowest BCUT2D eigenvalue weighted by atomic mass is 9.95. The average Bonchev–Trinajstić information content (AvgIpc) is 2.63. The fourth-order valence-electron chi connectivity index (χ4n) is 3.33. The maximum Gasteiger partial charge on any atom is 0.408 e. The third-order valence-corrected chi connectivity index (χ3v) is 4.94. The van der Waals surface area contributed by atoms with E-state index >= 15 is 0 Å². The third-order valence-electron chi connectivity index (χ3n) is 4.57. The molecule has 186 valence electrons. The van der Waals surface area contributed by atoms with Crippen molar-refractivity contribution in [3.63, 3.8) is 0 Å². The van der Waals surface area contributed by atoms with Gasteiger partial charge < -0.3 is 25.4 Å². The SMILES string of the molecule is Cc1ccc(C(C(=O)NC(C)(C)C)N(CCO)C(=O)C(CS)NC(=O)OC(C)(C)C)c(C)c1. The molecule has 3 amide bonds. The largest absolute Gasteiger partial charge is 0.444 e. The summed E-state index contributed by atoms with van der Waals surface area (Å²) in [5.74, 6) is -0.939. The summed E-state index contributed by atoms with van der Waals surface area (Å²) in [5, 5.41) is 15.2. The summed E-state index contributed by atoms with van der Waals surface area (Å²) in [6.07, 6.45) is -0.763. The number of benzene rings is 1. The van der Waals surface area contributed by atoms with E-state index in [2.05, 4.69) is 23.3 Å². The van der Waals surface area contributed by atoms with Crippen LogP contribution in [-0.4, -0.2) is 64.0 Å². The van der Waals surface area contributed by atoms with E-state index in [1.165, 1.54) is 4.90 Å². The van der Waals surface area contributed by atoms with Gasteiger partial charge in [-0.2, -0.15) is 12.6 Å². The van der Waals surface area contributed by atoms with Gasteiger partial charge in [0, 0.05) is 17.8 Å². The molecule has 0 saturated heterocycles. The zero-order chi connectivity index (χ0) is 25.6. The summed E-state index contributed by atoms with van der Waals surface area (Å²) in [6, 6.07) is 3.56. The predicted molar refractivity (Wildman–Crippen MR) is 132 cm³/mol. The van der Waals surface area contributed by atoms with Crippen molar-refractivity contribution in [1.29, 1.82) is 0 Å². The van der Waals surface area contributed by atoms with Crippen LogP contribution in [0.3, 0.4) is 0 Å². The number of aliphatic hydroxyl groups is 1. The van der Waals surface area contributed by atoms with Crippen LogP contribution >= 0.6 is 12.6 Å². The third kappa shape index (κ3) is 9.25. The first kappa shape index (κ1) is 28.8. The summed E-state index contributed by atoms with van der Waals surface area (Å²) in [4.78, 5) is 40.6. The molecule has 1 aromatic rings. The molecule has 0 bridgehead atoms. The molecular formula is C24H39N3O5S. The highest BCUT2D eigenvalue weighted by atomic mass is 32.1. The second-order valence-electron chi connectivity index (χ2n) is 10.1. The van der Waals surface area contributed by atoms with Crippen LogP contribution in [0.15, 0.2) is 18.2 Å². The molecule has 1 rings (SSSR count). The number of ether oxygens (including phenoxy) is 1. The molecule has 0 heterocycles. The van der Waals surface area contributed by atoms with Gasteiger partial charge in [-0.05, 0) is 66.5 Å². The lowest BCUT2D eigenvalue weighted by Gasteiger charge is -2.36. The van der Waals surface area contributed by atoms with Gasteiger partial charge in [-0.15, -0.1) is 0 Å². The molecule has 8 nitrogen and oxygen atoms in total. The fourth-order valence-corrected chi connectivity index (χ4v) is 3.58. The van der Waals surface area contributed by atoms with Crippen molar-refractivity contribution < 1.29 is 24.2 Å². The summed E-state index contributed by atoms with van der Waals surface area (Å²) in [5.41, 5.74) is 1.21.